The molecule has 1 fully saturated rings. The Labute approximate surface area is 117 Å². The highest BCUT2D eigenvalue weighted by atomic mass is 79.9. The van der Waals surface area contributed by atoms with Gasteiger partial charge in [-0.1, -0.05) is 0 Å². The van der Waals surface area contributed by atoms with Crippen LogP contribution in [-0.2, 0) is 0 Å². The van der Waals surface area contributed by atoms with E-state index in [0.29, 0.717) is 0 Å². The second-order valence-corrected chi connectivity index (χ2v) is 6.04. The number of hydrogen-bond acceptors (Lipinski definition) is 4. The van der Waals surface area contributed by atoms with Crippen LogP contribution >= 0.6 is 15.9 Å². The lowest BCUT2D eigenvalue weighted by atomic mass is 9.96. The molecule has 2 rings (SSSR count). The van der Waals surface area contributed by atoms with Crippen LogP contribution in [0.1, 0.15) is 12.8 Å². The van der Waals surface area contributed by atoms with E-state index in [4.69, 9.17) is 5.73 Å². The molecule has 0 radical (unpaired) electrons. The van der Waals surface area contributed by atoms with Gasteiger partial charge in [0.2, 0.25) is 0 Å². The zero-order valence-corrected chi connectivity index (χ0v) is 12.7. The largest absolute Gasteiger partial charge is 0.396 e. The summed E-state index contributed by atoms with van der Waals surface area (Å²) in [5.41, 5.74) is 7.80. The van der Waals surface area contributed by atoms with E-state index in [0.717, 1.165) is 28.3 Å². The molecule has 4 nitrogen and oxygen atoms in total. The van der Waals surface area contributed by atoms with Crippen LogP contribution in [-0.4, -0.2) is 43.6 Å². The fourth-order valence-electron chi connectivity index (χ4n) is 2.57. The van der Waals surface area contributed by atoms with E-state index >= 15 is 0 Å². The highest BCUT2D eigenvalue weighted by Crippen LogP contribution is 2.31. The number of nitrogen functional groups attached to an aromatic ring is 1. The minimum atomic E-state index is 0.736. The van der Waals surface area contributed by atoms with Gasteiger partial charge in [-0.2, -0.15) is 0 Å². The predicted octanol–water partition coefficient (Wildman–Crippen LogP) is 2.20. The molecular formula is C13H21BrN4. The van der Waals surface area contributed by atoms with Crippen LogP contribution in [0.3, 0.4) is 0 Å². The number of rotatable bonds is 3. The van der Waals surface area contributed by atoms with Crippen molar-refractivity contribution in [1.82, 2.24) is 9.88 Å². The summed E-state index contributed by atoms with van der Waals surface area (Å²) in [4.78, 5) is 8.72. The maximum Gasteiger partial charge on any atom is 0.0773 e. The quantitative estimate of drug-likeness (QED) is 0.929. The Bertz CT molecular complexity index is 382. The number of halogens is 1. The van der Waals surface area contributed by atoms with Crippen LogP contribution in [0.4, 0.5) is 11.4 Å². The summed E-state index contributed by atoms with van der Waals surface area (Å²) < 4.78 is 0.970. The zero-order chi connectivity index (χ0) is 13.1. The molecule has 1 aromatic rings. The van der Waals surface area contributed by atoms with Crippen LogP contribution in [0.15, 0.2) is 16.9 Å². The Balaban J connectivity index is 2.01. The van der Waals surface area contributed by atoms with Gasteiger partial charge in [0.05, 0.1) is 22.0 Å². The van der Waals surface area contributed by atoms with Gasteiger partial charge in [-0.15, -0.1) is 0 Å². The monoisotopic (exact) mass is 312 g/mol. The van der Waals surface area contributed by atoms with Crippen molar-refractivity contribution in [1.29, 1.82) is 0 Å². The topological polar surface area (TPSA) is 45.4 Å². The van der Waals surface area contributed by atoms with Crippen LogP contribution in [0.5, 0.6) is 0 Å². The fourth-order valence-corrected chi connectivity index (χ4v) is 3.22. The second kappa shape index (κ2) is 5.89. The molecule has 1 aromatic heterocycles. The van der Waals surface area contributed by atoms with Crippen LogP contribution < -0.4 is 10.6 Å². The van der Waals surface area contributed by atoms with Gasteiger partial charge < -0.3 is 15.5 Å². The molecule has 1 saturated heterocycles. The predicted molar refractivity (Wildman–Crippen MR) is 79.8 cm³/mol. The Morgan fingerprint density at radius 3 is 2.72 bits per heavy atom. The second-order valence-electron chi connectivity index (χ2n) is 5.19. The zero-order valence-electron chi connectivity index (χ0n) is 11.1. The highest BCUT2D eigenvalue weighted by molar-refractivity contribution is 9.10. The van der Waals surface area contributed by atoms with Crippen molar-refractivity contribution in [2.24, 2.45) is 5.92 Å². The average Bonchev–Trinajstić information content (AvgIpc) is 2.32. The van der Waals surface area contributed by atoms with Gasteiger partial charge in [-0.25, -0.2) is 0 Å². The molecule has 1 aliphatic heterocycles. The lowest BCUT2D eigenvalue weighted by Crippen LogP contribution is -2.36. The van der Waals surface area contributed by atoms with Crippen molar-refractivity contribution in [2.75, 3.05) is 44.4 Å². The summed E-state index contributed by atoms with van der Waals surface area (Å²) in [5, 5.41) is 0. The molecule has 2 N–H and O–H groups in total. The maximum absolute atomic E-state index is 6.01. The molecule has 0 amide bonds. The molecule has 100 valence electrons. The third-order valence-corrected chi connectivity index (χ3v) is 4.23. The van der Waals surface area contributed by atoms with Gasteiger partial charge in [-0.05, 0) is 54.8 Å². The molecule has 0 atom stereocenters. The van der Waals surface area contributed by atoms with Gasteiger partial charge >= 0.3 is 0 Å². The number of hydrogen-bond donors (Lipinski definition) is 1. The van der Waals surface area contributed by atoms with Crippen molar-refractivity contribution < 1.29 is 0 Å². The van der Waals surface area contributed by atoms with E-state index in [1.165, 1.54) is 25.9 Å². The molecule has 0 aromatic carbocycles. The van der Waals surface area contributed by atoms with Crippen LogP contribution in [0.25, 0.3) is 0 Å². The molecule has 0 saturated carbocycles. The van der Waals surface area contributed by atoms with Crippen LogP contribution in [0, 0.1) is 5.92 Å². The Hall–Kier alpha value is -0.810. The first kappa shape index (κ1) is 13.6. The summed E-state index contributed by atoms with van der Waals surface area (Å²) >= 11 is 3.53. The maximum atomic E-state index is 6.01. The van der Waals surface area contributed by atoms with E-state index < -0.39 is 0 Å². The number of piperidine rings is 1. The number of likely N-dealkylation sites (tertiary alicyclic amines) is 1. The minimum absolute atomic E-state index is 0.736. The smallest absolute Gasteiger partial charge is 0.0773 e. The van der Waals surface area contributed by atoms with E-state index in [9.17, 15) is 0 Å². The minimum Gasteiger partial charge on any atom is -0.396 e. The molecule has 1 aliphatic rings. The number of nitrogens with two attached hydrogens (primary N) is 1. The molecule has 0 aliphatic carbocycles. The van der Waals surface area contributed by atoms with Crippen LogP contribution in [0.2, 0.25) is 0 Å². The summed E-state index contributed by atoms with van der Waals surface area (Å²) in [5.74, 6) is 0.755. The van der Waals surface area contributed by atoms with Crippen molar-refractivity contribution in [3.63, 3.8) is 0 Å². The Morgan fingerprint density at radius 1 is 1.44 bits per heavy atom. The van der Waals surface area contributed by atoms with E-state index in [2.05, 4.69) is 44.8 Å². The number of aromatic nitrogens is 1. The van der Waals surface area contributed by atoms with Crippen molar-refractivity contribution in [3.8, 4) is 0 Å². The Kier molecular flexibility index (Phi) is 4.45. The van der Waals surface area contributed by atoms with Gasteiger partial charge in [0.1, 0.15) is 0 Å². The molecule has 18 heavy (non-hydrogen) atoms. The lowest BCUT2D eigenvalue weighted by molar-refractivity contribution is 0.222. The summed E-state index contributed by atoms with van der Waals surface area (Å²) in [6.45, 7) is 3.46. The first-order valence-corrected chi connectivity index (χ1v) is 7.16. The number of anilines is 2. The third kappa shape index (κ3) is 3.14. The van der Waals surface area contributed by atoms with Gasteiger partial charge in [0, 0.05) is 19.8 Å². The van der Waals surface area contributed by atoms with E-state index in [-0.39, 0.29) is 0 Å². The van der Waals surface area contributed by atoms with E-state index in [1.54, 1.807) is 12.4 Å². The van der Waals surface area contributed by atoms with Crippen molar-refractivity contribution in [2.45, 2.75) is 12.8 Å². The Morgan fingerprint density at radius 2 is 2.11 bits per heavy atom. The first-order chi connectivity index (χ1) is 8.58. The lowest BCUT2D eigenvalue weighted by Gasteiger charge is -2.33. The van der Waals surface area contributed by atoms with Gasteiger partial charge in [-0.3, -0.25) is 4.98 Å². The molecule has 0 bridgehead atoms. The normalized spacial score (nSPS) is 17.9. The van der Waals surface area contributed by atoms with E-state index in [1.807, 2.05) is 0 Å². The first-order valence-electron chi connectivity index (χ1n) is 6.36. The molecule has 2 heterocycles. The average molecular weight is 313 g/mol. The molecule has 5 heteroatoms. The molecule has 0 spiro atoms. The van der Waals surface area contributed by atoms with Crippen molar-refractivity contribution >= 4 is 27.3 Å². The number of nitrogens with zero attached hydrogens (tertiary/aromatic N) is 3. The van der Waals surface area contributed by atoms with Gasteiger partial charge in [0.15, 0.2) is 0 Å². The van der Waals surface area contributed by atoms with Crippen molar-refractivity contribution in [3.05, 3.63) is 16.9 Å². The summed E-state index contributed by atoms with van der Waals surface area (Å²) in [6, 6.07) is 0. The molecular weight excluding hydrogens is 292 g/mol. The standard InChI is InChI=1S/C13H21BrN4/c1-17-5-3-10(4-6-17)9-18(2)13-11(14)7-16-8-12(13)15/h7-8,10H,3-6,9,15H2,1-2H3. The molecule has 0 unspecified atom stereocenters. The third-order valence-electron chi connectivity index (χ3n) is 3.65. The van der Waals surface area contributed by atoms with Gasteiger partial charge in [0.25, 0.3) is 0 Å². The SMILES string of the molecule is CN1CCC(CN(C)c2c(N)cncc2Br)CC1. The fraction of sp³-hybridized carbons (Fsp3) is 0.615. The number of pyridine rings is 1. The highest BCUT2D eigenvalue weighted by Gasteiger charge is 2.20. The summed E-state index contributed by atoms with van der Waals surface area (Å²) in [7, 11) is 4.30. The summed E-state index contributed by atoms with van der Waals surface area (Å²) in [6.07, 6.45) is 6.05.